The number of carbonyl (C=O) groups is 3. The minimum atomic E-state index is -1.05. The summed E-state index contributed by atoms with van der Waals surface area (Å²) in [5.41, 5.74) is 0.0103. The Morgan fingerprint density at radius 2 is 1.96 bits per heavy atom. The summed E-state index contributed by atoms with van der Waals surface area (Å²) in [4.78, 5) is 34.1. The summed E-state index contributed by atoms with van der Waals surface area (Å²) >= 11 is 1.35. The molecule has 0 radical (unpaired) electrons. The Hall–Kier alpha value is -2.22. The van der Waals surface area contributed by atoms with Crippen LogP contribution in [-0.2, 0) is 9.53 Å². The third-order valence-electron chi connectivity index (χ3n) is 2.54. The molecule has 2 amide bonds. The van der Waals surface area contributed by atoms with Gasteiger partial charge in [0.05, 0.1) is 11.3 Å². The second-order valence-corrected chi connectivity index (χ2v) is 7.02. The maximum absolute atomic E-state index is 11.8. The number of amides is 2. The molecule has 0 fully saturated rings. The van der Waals surface area contributed by atoms with Crippen molar-refractivity contribution in [3.63, 3.8) is 0 Å². The summed E-state index contributed by atoms with van der Waals surface area (Å²) in [6.07, 6.45) is -0.488. The van der Waals surface area contributed by atoms with Gasteiger partial charge in [-0.2, -0.15) is 11.8 Å². The largest absolute Gasteiger partial charge is 0.478 e. The third kappa shape index (κ3) is 8.42. The number of alkyl carbamates (subject to hydrolysis) is 1. The van der Waals surface area contributed by atoms with Crippen LogP contribution >= 0.6 is 11.8 Å². The van der Waals surface area contributed by atoms with Crippen molar-refractivity contribution < 1.29 is 24.2 Å². The van der Waals surface area contributed by atoms with Gasteiger partial charge in [0.1, 0.15) is 5.60 Å². The average molecular weight is 354 g/mol. The molecule has 0 bridgehead atoms. The molecule has 0 aliphatic rings. The van der Waals surface area contributed by atoms with E-state index in [-0.39, 0.29) is 17.2 Å². The van der Waals surface area contributed by atoms with Crippen LogP contribution in [0.4, 0.5) is 10.5 Å². The molecule has 24 heavy (non-hydrogen) atoms. The molecule has 132 valence electrons. The molecule has 3 N–H and O–H groups in total. The molecule has 0 aromatic heterocycles. The number of thioether (sulfide) groups is 1. The number of benzene rings is 1. The van der Waals surface area contributed by atoms with Gasteiger partial charge in [-0.1, -0.05) is 6.07 Å². The first kappa shape index (κ1) is 19.8. The van der Waals surface area contributed by atoms with E-state index < -0.39 is 17.7 Å². The van der Waals surface area contributed by atoms with Crippen molar-refractivity contribution >= 4 is 35.4 Å². The van der Waals surface area contributed by atoms with E-state index in [9.17, 15) is 14.4 Å². The Morgan fingerprint density at radius 3 is 2.58 bits per heavy atom. The van der Waals surface area contributed by atoms with Crippen molar-refractivity contribution in [1.82, 2.24) is 5.32 Å². The highest BCUT2D eigenvalue weighted by Gasteiger charge is 2.15. The number of anilines is 1. The van der Waals surface area contributed by atoms with E-state index in [1.165, 1.54) is 23.9 Å². The maximum Gasteiger partial charge on any atom is 0.407 e. The van der Waals surface area contributed by atoms with Gasteiger partial charge in [0.25, 0.3) is 0 Å². The quantitative estimate of drug-likeness (QED) is 0.650. The van der Waals surface area contributed by atoms with E-state index in [2.05, 4.69) is 10.6 Å². The van der Waals surface area contributed by atoms with Crippen LogP contribution in [0.25, 0.3) is 0 Å². The molecule has 1 rings (SSSR count). The van der Waals surface area contributed by atoms with Gasteiger partial charge in [-0.25, -0.2) is 9.59 Å². The smallest absolute Gasteiger partial charge is 0.407 e. The maximum atomic E-state index is 11.8. The molecule has 0 heterocycles. The van der Waals surface area contributed by atoms with Crippen LogP contribution < -0.4 is 10.6 Å². The normalized spacial score (nSPS) is 10.8. The van der Waals surface area contributed by atoms with E-state index in [0.717, 1.165) is 0 Å². The van der Waals surface area contributed by atoms with E-state index in [1.807, 2.05) is 0 Å². The van der Waals surface area contributed by atoms with Crippen LogP contribution in [0, 0.1) is 0 Å². The number of ether oxygens (including phenoxy) is 1. The van der Waals surface area contributed by atoms with Gasteiger partial charge >= 0.3 is 12.1 Å². The summed E-state index contributed by atoms with van der Waals surface area (Å²) < 4.78 is 5.09. The lowest BCUT2D eigenvalue weighted by Gasteiger charge is -2.19. The van der Waals surface area contributed by atoms with E-state index in [0.29, 0.717) is 18.0 Å². The number of carbonyl (C=O) groups excluding carboxylic acids is 2. The first-order valence-corrected chi connectivity index (χ1v) is 8.50. The van der Waals surface area contributed by atoms with Gasteiger partial charge in [-0.3, -0.25) is 4.79 Å². The minimum absolute atomic E-state index is 0.113. The predicted octanol–water partition coefficient (Wildman–Crippen LogP) is 2.58. The first-order chi connectivity index (χ1) is 11.2. The topological polar surface area (TPSA) is 105 Å². The van der Waals surface area contributed by atoms with Crippen LogP contribution in [0.15, 0.2) is 24.3 Å². The Morgan fingerprint density at radius 1 is 1.25 bits per heavy atom. The van der Waals surface area contributed by atoms with Gasteiger partial charge in [-0.15, -0.1) is 0 Å². The van der Waals surface area contributed by atoms with Gasteiger partial charge in [0.15, 0.2) is 0 Å². The second-order valence-electron chi connectivity index (χ2n) is 5.92. The van der Waals surface area contributed by atoms with Crippen molar-refractivity contribution in [1.29, 1.82) is 0 Å². The average Bonchev–Trinajstić information content (AvgIpc) is 2.45. The second kappa shape index (κ2) is 9.17. The highest BCUT2D eigenvalue weighted by molar-refractivity contribution is 7.99. The number of hydrogen-bond donors (Lipinski definition) is 3. The summed E-state index contributed by atoms with van der Waals surface area (Å²) in [7, 11) is 0. The van der Waals surface area contributed by atoms with Gasteiger partial charge in [0, 0.05) is 18.0 Å². The lowest BCUT2D eigenvalue weighted by molar-refractivity contribution is -0.113. The summed E-state index contributed by atoms with van der Waals surface area (Å²) in [5.74, 6) is -0.525. The summed E-state index contributed by atoms with van der Waals surface area (Å²) in [6.45, 7) is 5.74. The molecule has 0 saturated heterocycles. The van der Waals surface area contributed by atoms with Crippen LogP contribution in [-0.4, -0.2) is 46.7 Å². The zero-order chi connectivity index (χ0) is 18.2. The fourth-order valence-corrected chi connectivity index (χ4v) is 2.28. The fourth-order valence-electron chi connectivity index (χ4n) is 1.63. The van der Waals surface area contributed by atoms with E-state index in [4.69, 9.17) is 9.84 Å². The minimum Gasteiger partial charge on any atom is -0.478 e. The molecule has 0 unspecified atom stereocenters. The molecule has 1 aromatic carbocycles. The van der Waals surface area contributed by atoms with Crippen LogP contribution in [0.3, 0.4) is 0 Å². The molecular formula is C16H22N2O5S. The Bertz CT molecular complexity index is 598. The number of aromatic carboxylic acids is 1. The van der Waals surface area contributed by atoms with E-state index in [1.54, 1.807) is 32.9 Å². The number of carboxylic acids is 1. The van der Waals surface area contributed by atoms with Crippen LogP contribution in [0.2, 0.25) is 0 Å². The van der Waals surface area contributed by atoms with Crippen molar-refractivity contribution in [3.8, 4) is 0 Å². The lowest BCUT2D eigenvalue weighted by atomic mass is 10.2. The van der Waals surface area contributed by atoms with Crippen molar-refractivity contribution in [2.75, 3.05) is 23.4 Å². The van der Waals surface area contributed by atoms with Crippen molar-refractivity contribution in [2.45, 2.75) is 26.4 Å². The van der Waals surface area contributed by atoms with Gasteiger partial charge in [-0.05, 0) is 39.0 Å². The first-order valence-electron chi connectivity index (χ1n) is 7.35. The van der Waals surface area contributed by atoms with Crippen LogP contribution in [0.5, 0.6) is 0 Å². The van der Waals surface area contributed by atoms with E-state index >= 15 is 0 Å². The van der Waals surface area contributed by atoms with Gasteiger partial charge in [0.2, 0.25) is 5.91 Å². The highest BCUT2D eigenvalue weighted by Crippen LogP contribution is 2.11. The predicted molar refractivity (Wildman–Crippen MR) is 93.6 cm³/mol. The van der Waals surface area contributed by atoms with Crippen molar-refractivity contribution in [2.24, 2.45) is 0 Å². The molecule has 0 saturated carbocycles. The molecule has 0 spiro atoms. The molecule has 0 atom stereocenters. The molecule has 1 aromatic rings. The molecule has 0 aliphatic heterocycles. The molecule has 0 aliphatic carbocycles. The zero-order valence-corrected chi connectivity index (χ0v) is 14.7. The number of hydrogen-bond acceptors (Lipinski definition) is 5. The standard InChI is InChI=1S/C16H22N2O5S/c1-16(2,3)23-15(22)17-7-8-24-10-13(19)18-12-6-4-5-11(9-12)14(20)21/h4-6,9H,7-8,10H2,1-3H3,(H,17,22)(H,18,19)(H,20,21). The number of rotatable bonds is 7. The number of carboxylic acid groups (broad SMARTS) is 1. The Balaban J connectivity index is 2.24. The third-order valence-corrected chi connectivity index (χ3v) is 3.50. The Labute approximate surface area is 145 Å². The summed E-state index contributed by atoms with van der Waals surface area (Å²) in [5, 5.41) is 14.1. The molecular weight excluding hydrogens is 332 g/mol. The lowest BCUT2D eigenvalue weighted by Crippen LogP contribution is -2.33. The van der Waals surface area contributed by atoms with Gasteiger partial charge < -0.3 is 20.5 Å². The number of nitrogens with one attached hydrogen (secondary N) is 2. The Kier molecular flexibility index (Phi) is 7.57. The highest BCUT2D eigenvalue weighted by atomic mass is 32.2. The molecule has 8 heteroatoms. The van der Waals surface area contributed by atoms with Crippen LogP contribution in [0.1, 0.15) is 31.1 Å². The zero-order valence-electron chi connectivity index (χ0n) is 13.9. The molecule has 7 nitrogen and oxygen atoms in total. The van der Waals surface area contributed by atoms with Crippen molar-refractivity contribution in [3.05, 3.63) is 29.8 Å². The SMILES string of the molecule is CC(C)(C)OC(=O)NCCSCC(=O)Nc1cccc(C(=O)O)c1. The fraction of sp³-hybridized carbons (Fsp3) is 0.438. The monoisotopic (exact) mass is 354 g/mol. The summed E-state index contributed by atoms with van der Waals surface area (Å²) in [6, 6.07) is 6.04.